The molecule has 12 heteroatoms. The Morgan fingerprint density at radius 3 is 2.61 bits per heavy atom. The van der Waals surface area contributed by atoms with Crippen LogP contribution in [0.25, 0.3) is 10.4 Å². The summed E-state index contributed by atoms with van der Waals surface area (Å²) in [7, 11) is 0. The molecule has 4 rings (SSSR count). The standard InChI is InChI=1S/C24H30F3N5O3S/c1-12-9-18(29-14(3)24(25,26)27)28-11-17(12)20-19(23(35)32-8-4-5-13(32)2)31-22(36-20)21(34)30-15-6-7-16(33)10-15/h9,11,13-16,33H,4-8,10H2,1-3H3,(H,28,29)(H,30,34)/t13-,14-,15+,16+/m0/s1. The summed E-state index contributed by atoms with van der Waals surface area (Å²) in [5, 5.41) is 15.1. The van der Waals surface area contributed by atoms with Crippen molar-refractivity contribution in [3.8, 4) is 10.4 Å². The number of hydrogen-bond acceptors (Lipinski definition) is 7. The van der Waals surface area contributed by atoms with Crippen molar-refractivity contribution in [3.05, 3.63) is 28.5 Å². The van der Waals surface area contributed by atoms with E-state index in [4.69, 9.17) is 0 Å². The zero-order chi connectivity index (χ0) is 26.2. The van der Waals surface area contributed by atoms with Crippen LogP contribution in [0.3, 0.4) is 0 Å². The Kier molecular flexibility index (Phi) is 7.56. The number of aromatic nitrogens is 2. The van der Waals surface area contributed by atoms with Crippen LogP contribution in [0.1, 0.15) is 71.8 Å². The first-order valence-electron chi connectivity index (χ1n) is 12.0. The summed E-state index contributed by atoms with van der Waals surface area (Å²) in [6, 6.07) is -0.415. The molecule has 0 unspecified atom stereocenters. The van der Waals surface area contributed by atoms with E-state index in [1.165, 1.54) is 12.3 Å². The molecule has 0 radical (unpaired) electrons. The zero-order valence-electron chi connectivity index (χ0n) is 20.4. The van der Waals surface area contributed by atoms with Gasteiger partial charge in [-0.1, -0.05) is 0 Å². The van der Waals surface area contributed by atoms with Crippen LogP contribution in [0.4, 0.5) is 19.0 Å². The van der Waals surface area contributed by atoms with Crippen molar-refractivity contribution < 1.29 is 27.9 Å². The number of rotatable bonds is 6. The summed E-state index contributed by atoms with van der Waals surface area (Å²) in [5.41, 5.74) is 1.27. The molecular weight excluding hydrogens is 495 g/mol. The van der Waals surface area contributed by atoms with Gasteiger partial charge in [0.2, 0.25) is 0 Å². The van der Waals surface area contributed by atoms with Crippen LogP contribution >= 0.6 is 11.3 Å². The maximum atomic E-state index is 13.5. The third-order valence-corrected chi connectivity index (χ3v) is 7.88. The molecule has 2 aliphatic rings. The highest BCUT2D eigenvalue weighted by Gasteiger charge is 2.36. The van der Waals surface area contributed by atoms with Crippen molar-refractivity contribution in [2.75, 3.05) is 11.9 Å². The summed E-state index contributed by atoms with van der Waals surface area (Å²) in [5.74, 6) is -0.643. The predicted octanol–water partition coefficient (Wildman–Crippen LogP) is 4.14. The Labute approximate surface area is 211 Å². The minimum absolute atomic E-state index is 0.0407. The molecule has 3 N–H and O–H groups in total. The second-order valence-corrected chi connectivity index (χ2v) is 10.6. The number of carbonyl (C=O) groups is 2. The number of likely N-dealkylation sites (tertiary alicyclic amines) is 1. The van der Waals surface area contributed by atoms with Crippen LogP contribution in [0.15, 0.2) is 12.3 Å². The van der Waals surface area contributed by atoms with Gasteiger partial charge in [-0.2, -0.15) is 13.2 Å². The van der Waals surface area contributed by atoms with E-state index in [0.29, 0.717) is 41.8 Å². The average molecular weight is 526 g/mol. The van der Waals surface area contributed by atoms with E-state index in [1.807, 2.05) is 6.92 Å². The second-order valence-electron chi connectivity index (χ2n) is 9.62. The van der Waals surface area contributed by atoms with Gasteiger partial charge in [-0.3, -0.25) is 9.59 Å². The Hall–Kier alpha value is -2.73. The fourth-order valence-electron chi connectivity index (χ4n) is 4.63. The number of alkyl halides is 3. The molecular formula is C24H30F3N5O3S. The van der Waals surface area contributed by atoms with E-state index in [-0.39, 0.29) is 34.5 Å². The molecule has 2 aromatic heterocycles. The molecule has 36 heavy (non-hydrogen) atoms. The molecule has 2 amide bonds. The molecule has 2 fully saturated rings. The van der Waals surface area contributed by atoms with E-state index >= 15 is 0 Å². The summed E-state index contributed by atoms with van der Waals surface area (Å²) in [6.45, 7) is 5.28. The van der Waals surface area contributed by atoms with Gasteiger partial charge in [-0.25, -0.2) is 9.97 Å². The number of halogens is 3. The zero-order valence-corrected chi connectivity index (χ0v) is 21.2. The molecule has 3 heterocycles. The average Bonchev–Trinajstić information content (AvgIpc) is 3.53. The molecule has 1 saturated carbocycles. The third-order valence-electron chi connectivity index (χ3n) is 6.79. The number of aryl methyl sites for hydroxylation is 1. The van der Waals surface area contributed by atoms with Crippen molar-refractivity contribution in [2.24, 2.45) is 0 Å². The van der Waals surface area contributed by atoms with Gasteiger partial charge in [0.1, 0.15) is 17.6 Å². The number of amides is 2. The summed E-state index contributed by atoms with van der Waals surface area (Å²) in [6.07, 6.45) is 0.0386. The normalized spacial score (nSPS) is 23.1. The first-order chi connectivity index (χ1) is 16.9. The Morgan fingerprint density at radius 1 is 1.28 bits per heavy atom. The molecule has 2 aromatic rings. The van der Waals surface area contributed by atoms with E-state index in [9.17, 15) is 27.9 Å². The van der Waals surface area contributed by atoms with Gasteiger partial charge < -0.3 is 20.6 Å². The van der Waals surface area contributed by atoms with Gasteiger partial charge in [0, 0.05) is 30.4 Å². The molecule has 8 nitrogen and oxygen atoms in total. The molecule has 1 saturated heterocycles. The molecule has 4 atom stereocenters. The highest BCUT2D eigenvalue weighted by atomic mass is 32.1. The van der Waals surface area contributed by atoms with E-state index in [2.05, 4.69) is 20.6 Å². The van der Waals surface area contributed by atoms with Gasteiger partial charge in [0.15, 0.2) is 5.01 Å². The van der Waals surface area contributed by atoms with Crippen molar-refractivity contribution in [3.63, 3.8) is 0 Å². The summed E-state index contributed by atoms with van der Waals surface area (Å²) < 4.78 is 38.9. The van der Waals surface area contributed by atoms with Gasteiger partial charge in [-0.15, -0.1) is 11.3 Å². The SMILES string of the molecule is Cc1cc(N[C@@H](C)C(F)(F)F)ncc1-c1sc(C(=O)N[C@@H]2CC[C@@H](O)C2)nc1C(=O)N1CCC[C@@H]1C. The van der Waals surface area contributed by atoms with Crippen LogP contribution in [0.5, 0.6) is 0 Å². The fraction of sp³-hybridized carbons (Fsp3) is 0.583. The molecule has 0 bridgehead atoms. The molecule has 0 aromatic carbocycles. The van der Waals surface area contributed by atoms with Crippen LogP contribution < -0.4 is 10.6 Å². The summed E-state index contributed by atoms with van der Waals surface area (Å²) in [4.78, 5) is 37.2. The molecule has 1 aliphatic heterocycles. The van der Waals surface area contributed by atoms with Gasteiger partial charge in [0.05, 0.1) is 11.0 Å². The van der Waals surface area contributed by atoms with Crippen molar-refractivity contribution in [1.29, 1.82) is 0 Å². The lowest BCUT2D eigenvalue weighted by Crippen LogP contribution is -2.35. The monoisotopic (exact) mass is 525 g/mol. The van der Waals surface area contributed by atoms with Crippen molar-refractivity contribution in [2.45, 2.75) is 83.3 Å². The highest BCUT2D eigenvalue weighted by Crippen LogP contribution is 2.35. The van der Waals surface area contributed by atoms with Crippen molar-refractivity contribution in [1.82, 2.24) is 20.2 Å². The number of carbonyl (C=O) groups excluding carboxylic acids is 2. The number of aliphatic hydroxyl groups excluding tert-OH is 1. The van der Waals surface area contributed by atoms with E-state index < -0.39 is 24.2 Å². The highest BCUT2D eigenvalue weighted by molar-refractivity contribution is 7.17. The molecule has 196 valence electrons. The van der Waals surface area contributed by atoms with Crippen LogP contribution in [-0.2, 0) is 0 Å². The molecule has 0 spiro atoms. The summed E-state index contributed by atoms with van der Waals surface area (Å²) >= 11 is 1.06. The maximum absolute atomic E-state index is 13.5. The predicted molar refractivity (Wildman–Crippen MR) is 130 cm³/mol. The van der Waals surface area contributed by atoms with Gasteiger partial charge in [0.25, 0.3) is 11.8 Å². The van der Waals surface area contributed by atoms with E-state index in [0.717, 1.165) is 31.1 Å². The number of anilines is 1. The van der Waals surface area contributed by atoms with Crippen LogP contribution in [0.2, 0.25) is 0 Å². The van der Waals surface area contributed by atoms with Gasteiger partial charge in [-0.05, 0) is 64.5 Å². The first-order valence-corrected chi connectivity index (χ1v) is 12.9. The molecule has 1 aliphatic carbocycles. The number of hydrogen-bond donors (Lipinski definition) is 3. The Bertz CT molecular complexity index is 1140. The smallest absolute Gasteiger partial charge is 0.393 e. The van der Waals surface area contributed by atoms with E-state index in [1.54, 1.807) is 11.8 Å². The van der Waals surface area contributed by atoms with Crippen molar-refractivity contribution >= 4 is 29.0 Å². The number of pyridine rings is 1. The first kappa shape index (κ1) is 26.3. The topological polar surface area (TPSA) is 107 Å². The fourth-order valence-corrected chi connectivity index (χ4v) is 5.66. The Balaban J connectivity index is 1.66. The van der Waals surface area contributed by atoms with Gasteiger partial charge >= 0.3 is 6.18 Å². The largest absolute Gasteiger partial charge is 0.408 e. The third kappa shape index (κ3) is 5.64. The second kappa shape index (κ2) is 10.3. The number of aliphatic hydroxyl groups is 1. The minimum atomic E-state index is -4.42. The lowest BCUT2D eigenvalue weighted by Gasteiger charge is -2.21. The lowest BCUT2D eigenvalue weighted by molar-refractivity contribution is -0.138. The number of thiazole rings is 1. The van der Waals surface area contributed by atoms with Crippen LogP contribution in [-0.4, -0.2) is 68.7 Å². The lowest BCUT2D eigenvalue weighted by atomic mass is 10.1. The quantitative estimate of drug-likeness (QED) is 0.523. The maximum Gasteiger partial charge on any atom is 0.408 e. The Morgan fingerprint density at radius 2 is 2.03 bits per heavy atom. The minimum Gasteiger partial charge on any atom is -0.393 e. The number of nitrogens with one attached hydrogen (secondary N) is 2. The number of nitrogens with zero attached hydrogens (tertiary/aromatic N) is 3. The van der Waals surface area contributed by atoms with Crippen LogP contribution in [0, 0.1) is 6.92 Å².